The number of fused-ring (bicyclic) bond motifs is 3. The van der Waals surface area contributed by atoms with Crippen molar-refractivity contribution < 1.29 is 24.0 Å². The second-order valence-corrected chi connectivity index (χ2v) is 8.58. The van der Waals surface area contributed by atoms with Crippen molar-refractivity contribution in [1.29, 1.82) is 0 Å². The molecule has 1 aliphatic carbocycles. The van der Waals surface area contributed by atoms with Gasteiger partial charge in [0.2, 0.25) is 5.91 Å². The predicted octanol–water partition coefficient (Wildman–Crippen LogP) is 2.37. The highest BCUT2D eigenvalue weighted by molar-refractivity contribution is 5.79. The molecule has 0 unspecified atom stereocenters. The molecule has 4 heterocycles. The molecule has 4 saturated heterocycles. The molecule has 142 valence electrons. The van der Waals surface area contributed by atoms with Gasteiger partial charge in [0.25, 0.3) is 0 Å². The molecule has 6 heteroatoms. The van der Waals surface area contributed by atoms with E-state index >= 15 is 0 Å². The highest BCUT2D eigenvalue weighted by Gasteiger charge is 2.61. The van der Waals surface area contributed by atoms with Crippen molar-refractivity contribution in [2.75, 3.05) is 32.9 Å². The van der Waals surface area contributed by atoms with Gasteiger partial charge in [0.15, 0.2) is 5.79 Å². The summed E-state index contributed by atoms with van der Waals surface area (Å²) in [5, 5.41) is 0. The maximum Gasteiger partial charge on any atom is 0.225 e. The van der Waals surface area contributed by atoms with Crippen LogP contribution in [0, 0.1) is 23.7 Å². The second kappa shape index (κ2) is 6.48. The van der Waals surface area contributed by atoms with Gasteiger partial charge in [-0.1, -0.05) is 13.8 Å². The summed E-state index contributed by atoms with van der Waals surface area (Å²) in [4.78, 5) is 26.9. The number of hydrogen-bond acceptors (Lipinski definition) is 5. The molecule has 0 aromatic heterocycles. The summed E-state index contributed by atoms with van der Waals surface area (Å²) in [5.41, 5.74) is -0.491. The molecule has 0 radical (unpaired) electrons. The monoisotopic (exact) mass is 353 g/mol. The van der Waals surface area contributed by atoms with E-state index in [1.165, 1.54) is 0 Å². The van der Waals surface area contributed by atoms with Crippen LogP contribution in [0.3, 0.4) is 0 Å². The molecular weight excluding hydrogens is 322 g/mol. The van der Waals surface area contributed by atoms with Crippen LogP contribution in [0.25, 0.3) is 0 Å². The molecule has 5 aliphatic rings. The fourth-order valence-corrected chi connectivity index (χ4v) is 5.44. The van der Waals surface area contributed by atoms with Crippen molar-refractivity contribution in [2.24, 2.45) is 23.7 Å². The lowest BCUT2D eigenvalue weighted by atomic mass is 9.59. The third-order valence-corrected chi connectivity index (χ3v) is 7.08. The topological polar surface area (TPSA) is 57.2 Å². The molecular formula is C19H31NO5. The van der Waals surface area contributed by atoms with E-state index in [1.54, 1.807) is 0 Å². The smallest absolute Gasteiger partial charge is 0.225 e. The molecule has 1 amide bonds. The summed E-state index contributed by atoms with van der Waals surface area (Å²) in [5.74, 6) is 0.571. The molecule has 5 fully saturated rings. The van der Waals surface area contributed by atoms with Gasteiger partial charge in [-0.15, -0.1) is 0 Å². The Balaban J connectivity index is 1.59. The van der Waals surface area contributed by atoms with Crippen LogP contribution < -0.4 is 0 Å². The first kappa shape index (κ1) is 17.7. The van der Waals surface area contributed by atoms with Crippen molar-refractivity contribution in [2.45, 2.75) is 57.8 Å². The summed E-state index contributed by atoms with van der Waals surface area (Å²) in [6.45, 7) is 9.50. The fourth-order valence-electron chi connectivity index (χ4n) is 5.44. The predicted molar refractivity (Wildman–Crippen MR) is 90.4 cm³/mol. The van der Waals surface area contributed by atoms with E-state index in [0.29, 0.717) is 44.7 Å². The van der Waals surface area contributed by atoms with Gasteiger partial charge in [-0.3, -0.25) is 4.79 Å². The minimum Gasteiger partial charge on any atom is -0.378 e. The van der Waals surface area contributed by atoms with E-state index < -0.39 is 11.4 Å². The summed E-state index contributed by atoms with van der Waals surface area (Å²) in [6, 6.07) is 0. The third kappa shape index (κ3) is 2.91. The average Bonchev–Trinajstić information content (AvgIpc) is 2.89. The molecule has 1 spiro atoms. The Kier molecular flexibility index (Phi) is 4.59. The van der Waals surface area contributed by atoms with Crippen molar-refractivity contribution in [3.8, 4) is 0 Å². The van der Waals surface area contributed by atoms with Crippen LogP contribution in [0.1, 0.15) is 46.5 Å². The molecule has 5 rings (SSSR count). The summed E-state index contributed by atoms with van der Waals surface area (Å²) in [7, 11) is 0. The number of carbonyl (C=O) groups excluding carboxylic acids is 1. The molecule has 6 nitrogen and oxygen atoms in total. The zero-order valence-corrected chi connectivity index (χ0v) is 15.7. The van der Waals surface area contributed by atoms with E-state index in [0.717, 1.165) is 25.7 Å². The zero-order valence-electron chi connectivity index (χ0n) is 15.7. The lowest BCUT2D eigenvalue weighted by Crippen LogP contribution is -2.61. The Bertz CT molecular complexity index is 510. The van der Waals surface area contributed by atoms with Gasteiger partial charge >= 0.3 is 0 Å². The Morgan fingerprint density at radius 2 is 1.92 bits per heavy atom. The van der Waals surface area contributed by atoms with E-state index in [9.17, 15) is 4.79 Å². The van der Waals surface area contributed by atoms with Crippen LogP contribution in [0.15, 0.2) is 0 Å². The Hall–Kier alpha value is -0.690. The van der Waals surface area contributed by atoms with Gasteiger partial charge in [0, 0.05) is 31.3 Å². The Morgan fingerprint density at radius 3 is 2.60 bits per heavy atom. The highest BCUT2D eigenvalue weighted by Crippen LogP contribution is 2.55. The fraction of sp³-hybridized carbons (Fsp3) is 0.947. The standard InChI is InChI=1S/C19H31NO5/c1-13-4-5-16(14(2)17(21)20-8-10-22-11-9-20)19-12-23-18(3,24-25-19)7-6-15(13)19/h13-16H,4-12H2,1-3H3/t13-,14-,15+,16+,18-,19-/m1/s1. The second-order valence-electron chi connectivity index (χ2n) is 8.58. The average molecular weight is 353 g/mol. The van der Waals surface area contributed by atoms with Crippen LogP contribution in [0.5, 0.6) is 0 Å². The zero-order chi connectivity index (χ0) is 17.7. The van der Waals surface area contributed by atoms with Crippen LogP contribution in [-0.4, -0.2) is 55.1 Å². The Labute approximate surface area is 150 Å². The minimum absolute atomic E-state index is 0.0947. The lowest BCUT2D eigenvalue weighted by Gasteiger charge is -2.53. The van der Waals surface area contributed by atoms with Gasteiger partial charge in [0.05, 0.1) is 19.8 Å². The molecule has 0 aromatic carbocycles. The van der Waals surface area contributed by atoms with Crippen LogP contribution in [0.4, 0.5) is 0 Å². The van der Waals surface area contributed by atoms with Gasteiger partial charge in [-0.2, -0.15) is 0 Å². The SMILES string of the molecule is C[C@@H]1CC[C@@H]([C@@H](C)C(=O)N2CCOCC2)[C@@]23CO[C@@](C)(CC[C@@H]12)OO3. The summed E-state index contributed by atoms with van der Waals surface area (Å²) >= 11 is 0. The number of nitrogens with zero attached hydrogens (tertiary/aromatic N) is 1. The Morgan fingerprint density at radius 1 is 1.16 bits per heavy atom. The van der Waals surface area contributed by atoms with Gasteiger partial charge in [0.1, 0.15) is 5.60 Å². The van der Waals surface area contributed by atoms with Crippen LogP contribution in [-0.2, 0) is 24.0 Å². The molecule has 4 aliphatic heterocycles. The number of hydrogen-bond donors (Lipinski definition) is 0. The summed E-state index contributed by atoms with van der Waals surface area (Å²) < 4.78 is 11.5. The minimum atomic E-state index is -0.635. The van der Waals surface area contributed by atoms with Crippen LogP contribution in [0.2, 0.25) is 0 Å². The van der Waals surface area contributed by atoms with E-state index in [-0.39, 0.29) is 17.7 Å². The molecule has 0 aromatic rings. The van der Waals surface area contributed by atoms with Crippen molar-refractivity contribution >= 4 is 5.91 Å². The number of morpholine rings is 1. The van der Waals surface area contributed by atoms with E-state index in [2.05, 4.69) is 13.8 Å². The largest absolute Gasteiger partial charge is 0.378 e. The summed E-state index contributed by atoms with van der Waals surface area (Å²) in [6.07, 6.45) is 4.01. The molecule has 1 saturated carbocycles. The number of amides is 1. The van der Waals surface area contributed by atoms with Crippen molar-refractivity contribution in [3.05, 3.63) is 0 Å². The number of carbonyl (C=O) groups is 1. The highest BCUT2D eigenvalue weighted by atomic mass is 17.2. The first-order valence-electron chi connectivity index (χ1n) is 9.82. The molecule has 6 atom stereocenters. The molecule has 2 bridgehead atoms. The van der Waals surface area contributed by atoms with Gasteiger partial charge in [-0.05, 0) is 38.0 Å². The van der Waals surface area contributed by atoms with Gasteiger partial charge in [-0.25, -0.2) is 9.78 Å². The number of rotatable bonds is 2. The maximum absolute atomic E-state index is 13.1. The van der Waals surface area contributed by atoms with Crippen LogP contribution >= 0.6 is 0 Å². The van der Waals surface area contributed by atoms with E-state index in [4.69, 9.17) is 19.2 Å². The van der Waals surface area contributed by atoms with Crippen molar-refractivity contribution in [1.82, 2.24) is 4.90 Å². The van der Waals surface area contributed by atoms with E-state index in [1.807, 2.05) is 11.8 Å². The van der Waals surface area contributed by atoms with Crippen molar-refractivity contribution in [3.63, 3.8) is 0 Å². The van der Waals surface area contributed by atoms with Gasteiger partial charge < -0.3 is 14.4 Å². The first-order valence-corrected chi connectivity index (χ1v) is 9.82. The molecule has 0 N–H and O–H groups in total. The first-order chi connectivity index (χ1) is 12.0. The third-order valence-electron chi connectivity index (χ3n) is 7.08. The number of ether oxygens (including phenoxy) is 2. The molecule has 25 heavy (non-hydrogen) atoms. The quantitative estimate of drug-likeness (QED) is 0.714. The lowest BCUT2D eigenvalue weighted by molar-refractivity contribution is -0.516. The maximum atomic E-state index is 13.1. The normalized spacial score (nSPS) is 45.6.